The smallest absolute Gasteiger partial charge is 0.251 e. The number of hydrogen-bond acceptors (Lipinski definition) is 4. The van der Waals surface area contributed by atoms with Crippen molar-refractivity contribution < 1.29 is 14.3 Å². The highest BCUT2D eigenvalue weighted by Crippen LogP contribution is 2.15. The van der Waals surface area contributed by atoms with Crippen molar-refractivity contribution in [3.05, 3.63) is 48.0 Å². The molecule has 0 unspecified atom stereocenters. The molecule has 0 radical (unpaired) electrons. The summed E-state index contributed by atoms with van der Waals surface area (Å²) in [7, 11) is 1.65. The zero-order valence-electron chi connectivity index (χ0n) is 14.5. The highest BCUT2D eigenvalue weighted by Gasteiger charge is 2.07. The lowest BCUT2D eigenvalue weighted by molar-refractivity contribution is -0.120. The SMILES string of the molecule is COCCNCCNC(=O)CCNC(=O)c1ccc2ccccc2c1. The molecular formula is C19H25N3O3. The fourth-order valence-corrected chi connectivity index (χ4v) is 2.40. The van der Waals surface area contributed by atoms with Crippen LogP contribution in [-0.2, 0) is 9.53 Å². The van der Waals surface area contributed by atoms with Crippen molar-refractivity contribution in [3.63, 3.8) is 0 Å². The molecule has 0 aliphatic carbocycles. The summed E-state index contributed by atoms with van der Waals surface area (Å²) in [5, 5.41) is 10.8. The van der Waals surface area contributed by atoms with Gasteiger partial charge in [-0.05, 0) is 22.9 Å². The third-order valence-electron chi connectivity index (χ3n) is 3.76. The first-order chi connectivity index (χ1) is 12.2. The van der Waals surface area contributed by atoms with Crippen LogP contribution >= 0.6 is 0 Å². The van der Waals surface area contributed by atoms with Crippen LogP contribution in [-0.4, -0.2) is 51.7 Å². The van der Waals surface area contributed by atoms with Gasteiger partial charge in [0, 0.05) is 45.3 Å². The molecule has 0 saturated carbocycles. The van der Waals surface area contributed by atoms with Gasteiger partial charge in [0.25, 0.3) is 5.91 Å². The van der Waals surface area contributed by atoms with E-state index < -0.39 is 0 Å². The molecule has 2 amide bonds. The molecule has 0 aliphatic heterocycles. The number of amides is 2. The number of carbonyl (C=O) groups excluding carboxylic acids is 2. The van der Waals surface area contributed by atoms with Gasteiger partial charge in [-0.2, -0.15) is 0 Å². The summed E-state index contributed by atoms with van der Waals surface area (Å²) in [6.07, 6.45) is 0.261. The zero-order chi connectivity index (χ0) is 17.9. The van der Waals surface area contributed by atoms with Crippen LogP contribution in [0.15, 0.2) is 42.5 Å². The van der Waals surface area contributed by atoms with E-state index in [9.17, 15) is 9.59 Å². The Balaban J connectivity index is 1.66. The molecule has 2 aromatic carbocycles. The third kappa shape index (κ3) is 6.52. The predicted octanol–water partition coefficient (Wildman–Crippen LogP) is 1.31. The largest absolute Gasteiger partial charge is 0.383 e. The Kier molecular flexibility index (Phi) is 7.88. The maximum Gasteiger partial charge on any atom is 0.251 e. The van der Waals surface area contributed by atoms with Gasteiger partial charge in [0.05, 0.1) is 6.61 Å². The highest BCUT2D eigenvalue weighted by molar-refractivity contribution is 5.98. The average Bonchev–Trinajstić information content (AvgIpc) is 2.64. The Morgan fingerprint density at radius 3 is 2.52 bits per heavy atom. The summed E-state index contributed by atoms with van der Waals surface area (Å²) >= 11 is 0. The minimum atomic E-state index is -0.167. The molecule has 0 aromatic heterocycles. The van der Waals surface area contributed by atoms with Crippen LogP contribution in [0.4, 0.5) is 0 Å². The van der Waals surface area contributed by atoms with E-state index in [1.165, 1.54) is 0 Å². The van der Waals surface area contributed by atoms with Crippen molar-refractivity contribution in [2.75, 3.05) is 39.9 Å². The van der Waals surface area contributed by atoms with Gasteiger partial charge in [-0.1, -0.05) is 30.3 Å². The maximum absolute atomic E-state index is 12.2. The number of rotatable bonds is 10. The third-order valence-corrected chi connectivity index (χ3v) is 3.76. The predicted molar refractivity (Wildman–Crippen MR) is 98.7 cm³/mol. The molecular weight excluding hydrogens is 318 g/mol. The molecule has 134 valence electrons. The fourth-order valence-electron chi connectivity index (χ4n) is 2.40. The molecule has 3 N–H and O–H groups in total. The molecule has 0 saturated heterocycles. The van der Waals surface area contributed by atoms with Crippen molar-refractivity contribution in [1.82, 2.24) is 16.0 Å². The van der Waals surface area contributed by atoms with E-state index in [0.717, 1.165) is 17.3 Å². The quantitative estimate of drug-likeness (QED) is 0.568. The van der Waals surface area contributed by atoms with E-state index in [1.54, 1.807) is 13.2 Å². The lowest BCUT2D eigenvalue weighted by Gasteiger charge is -2.08. The minimum Gasteiger partial charge on any atom is -0.383 e. The van der Waals surface area contributed by atoms with Crippen LogP contribution < -0.4 is 16.0 Å². The van der Waals surface area contributed by atoms with Gasteiger partial charge in [0.1, 0.15) is 0 Å². The summed E-state index contributed by atoms with van der Waals surface area (Å²) in [5.41, 5.74) is 0.599. The van der Waals surface area contributed by atoms with Gasteiger partial charge < -0.3 is 20.7 Å². The Morgan fingerprint density at radius 1 is 0.920 bits per heavy atom. The molecule has 0 aliphatic rings. The monoisotopic (exact) mass is 343 g/mol. The van der Waals surface area contributed by atoms with Gasteiger partial charge in [0.15, 0.2) is 0 Å². The molecule has 0 fully saturated rings. The summed E-state index contributed by atoms with van der Waals surface area (Å²) in [6.45, 7) is 2.97. The average molecular weight is 343 g/mol. The summed E-state index contributed by atoms with van der Waals surface area (Å²) in [6, 6.07) is 13.5. The van der Waals surface area contributed by atoms with Gasteiger partial charge >= 0.3 is 0 Å². The van der Waals surface area contributed by atoms with Crippen LogP contribution in [0.2, 0.25) is 0 Å². The lowest BCUT2D eigenvalue weighted by Crippen LogP contribution is -2.35. The van der Waals surface area contributed by atoms with Crippen LogP contribution in [0.1, 0.15) is 16.8 Å². The number of ether oxygens (including phenoxy) is 1. The Bertz CT molecular complexity index is 703. The van der Waals surface area contributed by atoms with Gasteiger partial charge in [-0.25, -0.2) is 0 Å². The van der Waals surface area contributed by atoms with Gasteiger partial charge in [-0.15, -0.1) is 0 Å². The second-order valence-corrected chi connectivity index (χ2v) is 5.66. The maximum atomic E-state index is 12.2. The molecule has 25 heavy (non-hydrogen) atoms. The first kappa shape index (κ1) is 18.9. The Hall–Kier alpha value is -2.44. The first-order valence-electron chi connectivity index (χ1n) is 8.44. The molecule has 0 heterocycles. The number of benzene rings is 2. The summed E-state index contributed by atoms with van der Waals surface area (Å²) in [4.78, 5) is 23.9. The molecule has 6 heteroatoms. The fraction of sp³-hybridized carbons (Fsp3) is 0.368. The standard InChI is InChI=1S/C19H25N3O3/c1-25-13-12-20-10-11-21-18(23)8-9-22-19(24)17-7-6-15-4-2-3-5-16(15)14-17/h2-7,14,20H,8-13H2,1H3,(H,21,23)(H,22,24). The van der Waals surface area contributed by atoms with Gasteiger partial charge in [-0.3, -0.25) is 9.59 Å². The van der Waals surface area contributed by atoms with Crippen molar-refractivity contribution in [2.45, 2.75) is 6.42 Å². The van der Waals surface area contributed by atoms with Gasteiger partial charge in [0.2, 0.25) is 5.91 Å². The first-order valence-corrected chi connectivity index (χ1v) is 8.44. The molecule has 0 bridgehead atoms. The number of fused-ring (bicyclic) bond motifs is 1. The number of nitrogens with one attached hydrogen (secondary N) is 3. The minimum absolute atomic E-state index is 0.0765. The second kappa shape index (κ2) is 10.4. The Labute approximate surface area is 147 Å². The topological polar surface area (TPSA) is 79.5 Å². The molecule has 2 rings (SSSR count). The Morgan fingerprint density at radius 2 is 1.72 bits per heavy atom. The van der Waals surface area contributed by atoms with Crippen LogP contribution in [0.5, 0.6) is 0 Å². The normalized spacial score (nSPS) is 10.6. The van der Waals surface area contributed by atoms with E-state index in [0.29, 0.717) is 31.8 Å². The summed E-state index contributed by atoms with van der Waals surface area (Å²) < 4.78 is 4.92. The van der Waals surface area contributed by atoms with Crippen molar-refractivity contribution in [3.8, 4) is 0 Å². The number of carbonyl (C=O) groups is 2. The van der Waals surface area contributed by atoms with Crippen LogP contribution in [0.3, 0.4) is 0 Å². The van der Waals surface area contributed by atoms with E-state index in [4.69, 9.17) is 4.74 Å². The number of hydrogen-bond donors (Lipinski definition) is 3. The lowest BCUT2D eigenvalue weighted by atomic mass is 10.1. The molecule has 0 spiro atoms. The highest BCUT2D eigenvalue weighted by atomic mass is 16.5. The van der Waals surface area contributed by atoms with Crippen molar-refractivity contribution in [1.29, 1.82) is 0 Å². The zero-order valence-corrected chi connectivity index (χ0v) is 14.5. The second-order valence-electron chi connectivity index (χ2n) is 5.66. The molecule has 0 atom stereocenters. The molecule has 2 aromatic rings. The van der Waals surface area contributed by atoms with E-state index >= 15 is 0 Å². The van der Waals surface area contributed by atoms with Crippen molar-refractivity contribution >= 4 is 22.6 Å². The number of methoxy groups -OCH3 is 1. The summed E-state index contributed by atoms with van der Waals surface area (Å²) in [5.74, 6) is -0.243. The van der Waals surface area contributed by atoms with E-state index in [-0.39, 0.29) is 18.2 Å². The van der Waals surface area contributed by atoms with E-state index in [2.05, 4.69) is 16.0 Å². The van der Waals surface area contributed by atoms with Crippen LogP contribution in [0.25, 0.3) is 10.8 Å². The molecule has 6 nitrogen and oxygen atoms in total. The van der Waals surface area contributed by atoms with Crippen LogP contribution in [0, 0.1) is 0 Å². The van der Waals surface area contributed by atoms with E-state index in [1.807, 2.05) is 36.4 Å². The van der Waals surface area contributed by atoms with Crippen molar-refractivity contribution in [2.24, 2.45) is 0 Å².